The number of amides is 1. The second kappa shape index (κ2) is 7.03. The van der Waals surface area contributed by atoms with E-state index in [1.54, 1.807) is 0 Å². The lowest BCUT2D eigenvalue weighted by molar-refractivity contribution is -0.133. The SMILES string of the molecule is O=C(Cc1c(F)cccc1Cl)NOCc1ccccc1. The van der Waals surface area contributed by atoms with Gasteiger partial charge in [-0.1, -0.05) is 48.0 Å². The number of carbonyl (C=O) groups excluding carboxylic acids is 1. The Morgan fingerprint density at radius 3 is 2.60 bits per heavy atom. The molecule has 0 fully saturated rings. The van der Waals surface area contributed by atoms with Crippen LogP contribution in [-0.4, -0.2) is 5.91 Å². The Bertz CT molecular complexity index is 569. The van der Waals surface area contributed by atoms with Crippen LogP contribution in [0.4, 0.5) is 4.39 Å². The second-order valence-electron chi connectivity index (χ2n) is 4.18. The molecule has 0 bridgehead atoms. The summed E-state index contributed by atoms with van der Waals surface area (Å²) in [7, 11) is 0. The normalized spacial score (nSPS) is 10.3. The topological polar surface area (TPSA) is 38.3 Å². The summed E-state index contributed by atoms with van der Waals surface area (Å²) in [6, 6.07) is 13.7. The maximum Gasteiger partial charge on any atom is 0.248 e. The quantitative estimate of drug-likeness (QED) is 0.859. The number of halogens is 2. The van der Waals surface area contributed by atoms with Crippen molar-refractivity contribution in [1.82, 2.24) is 5.48 Å². The van der Waals surface area contributed by atoms with Crippen molar-refractivity contribution < 1.29 is 14.0 Å². The van der Waals surface area contributed by atoms with E-state index in [1.807, 2.05) is 30.3 Å². The van der Waals surface area contributed by atoms with Gasteiger partial charge in [-0.05, 0) is 17.7 Å². The molecule has 104 valence electrons. The van der Waals surface area contributed by atoms with Gasteiger partial charge in [0.1, 0.15) is 5.82 Å². The van der Waals surface area contributed by atoms with Crippen LogP contribution in [0.15, 0.2) is 48.5 Å². The van der Waals surface area contributed by atoms with Crippen molar-refractivity contribution in [3.63, 3.8) is 0 Å². The maximum absolute atomic E-state index is 13.5. The lowest BCUT2D eigenvalue weighted by Gasteiger charge is -2.08. The molecule has 5 heteroatoms. The highest BCUT2D eigenvalue weighted by atomic mass is 35.5. The molecule has 0 aliphatic carbocycles. The fourth-order valence-corrected chi connectivity index (χ4v) is 1.90. The average Bonchev–Trinajstić information content (AvgIpc) is 2.44. The molecule has 20 heavy (non-hydrogen) atoms. The number of nitrogens with one attached hydrogen (secondary N) is 1. The zero-order valence-electron chi connectivity index (χ0n) is 10.6. The number of carbonyl (C=O) groups is 1. The van der Waals surface area contributed by atoms with Gasteiger partial charge >= 0.3 is 0 Å². The van der Waals surface area contributed by atoms with Crippen LogP contribution in [0.5, 0.6) is 0 Å². The summed E-state index contributed by atoms with van der Waals surface area (Å²) in [5.74, 6) is -0.955. The van der Waals surface area contributed by atoms with Crippen LogP contribution in [0, 0.1) is 5.82 Å². The fourth-order valence-electron chi connectivity index (χ4n) is 1.67. The summed E-state index contributed by atoms with van der Waals surface area (Å²) in [6.45, 7) is 0.248. The van der Waals surface area contributed by atoms with Gasteiger partial charge in [-0.15, -0.1) is 0 Å². The van der Waals surface area contributed by atoms with Crippen molar-refractivity contribution in [2.45, 2.75) is 13.0 Å². The van der Waals surface area contributed by atoms with Crippen molar-refractivity contribution in [3.05, 3.63) is 70.5 Å². The smallest absolute Gasteiger partial charge is 0.248 e. The molecule has 0 saturated carbocycles. The average molecular weight is 294 g/mol. The molecule has 0 unspecified atom stereocenters. The third-order valence-electron chi connectivity index (χ3n) is 2.67. The minimum absolute atomic E-state index is 0.162. The molecule has 0 radical (unpaired) electrons. The standard InChI is InChI=1S/C15H13ClFNO2/c16-13-7-4-8-14(17)12(13)9-15(19)18-20-10-11-5-2-1-3-6-11/h1-8H,9-10H2,(H,18,19). The zero-order chi connectivity index (χ0) is 14.4. The van der Waals surface area contributed by atoms with Gasteiger partial charge in [-0.3, -0.25) is 9.63 Å². The number of hydroxylamine groups is 1. The molecule has 3 nitrogen and oxygen atoms in total. The molecule has 0 aliphatic heterocycles. The van der Waals surface area contributed by atoms with Crippen molar-refractivity contribution in [1.29, 1.82) is 0 Å². The summed E-state index contributed by atoms with van der Waals surface area (Å²) in [4.78, 5) is 16.7. The minimum atomic E-state index is -0.504. The van der Waals surface area contributed by atoms with E-state index in [2.05, 4.69) is 5.48 Å². The van der Waals surface area contributed by atoms with Crippen LogP contribution >= 0.6 is 11.6 Å². The van der Waals surface area contributed by atoms with Crippen LogP contribution in [0.2, 0.25) is 5.02 Å². The molecule has 0 atom stereocenters. The number of hydrogen-bond donors (Lipinski definition) is 1. The largest absolute Gasteiger partial charge is 0.272 e. The first kappa shape index (κ1) is 14.5. The number of hydrogen-bond acceptors (Lipinski definition) is 2. The van der Waals surface area contributed by atoms with Crippen molar-refractivity contribution in [2.75, 3.05) is 0 Å². The summed E-state index contributed by atoms with van der Waals surface area (Å²) in [5.41, 5.74) is 3.36. The first-order valence-corrected chi connectivity index (χ1v) is 6.42. The Morgan fingerprint density at radius 2 is 1.90 bits per heavy atom. The summed E-state index contributed by atoms with van der Waals surface area (Å²) >= 11 is 5.84. The summed E-state index contributed by atoms with van der Waals surface area (Å²) in [5, 5.41) is 0.225. The van der Waals surface area contributed by atoms with Gasteiger partial charge in [-0.2, -0.15) is 0 Å². The third kappa shape index (κ3) is 4.05. The van der Waals surface area contributed by atoms with Gasteiger partial charge in [0.05, 0.1) is 13.0 Å². The molecule has 0 aromatic heterocycles. The Labute approximate surface area is 121 Å². The highest BCUT2D eigenvalue weighted by molar-refractivity contribution is 6.31. The Hall–Kier alpha value is -1.91. The third-order valence-corrected chi connectivity index (χ3v) is 3.02. The van der Waals surface area contributed by atoms with E-state index in [1.165, 1.54) is 18.2 Å². The Kier molecular flexibility index (Phi) is 5.09. The number of rotatable bonds is 5. The monoisotopic (exact) mass is 293 g/mol. The van der Waals surface area contributed by atoms with Crippen molar-refractivity contribution in [2.24, 2.45) is 0 Å². The molecule has 0 saturated heterocycles. The Balaban J connectivity index is 1.84. The van der Waals surface area contributed by atoms with E-state index in [0.29, 0.717) is 0 Å². The van der Waals surface area contributed by atoms with Gasteiger partial charge in [0, 0.05) is 10.6 Å². The fraction of sp³-hybridized carbons (Fsp3) is 0.133. The van der Waals surface area contributed by atoms with Gasteiger partial charge in [-0.25, -0.2) is 9.87 Å². The molecular formula is C15H13ClFNO2. The van der Waals surface area contributed by atoms with E-state index >= 15 is 0 Å². The van der Waals surface area contributed by atoms with Crippen LogP contribution in [0.3, 0.4) is 0 Å². The highest BCUT2D eigenvalue weighted by Gasteiger charge is 2.11. The summed E-state index contributed by atoms with van der Waals surface area (Å²) < 4.78 is 13.5. The predicted octanol–water partition coefficient (Wildman–Crippen LogP) is 3.27. The minimum Gasteiger partial charge on any atom is -0.272 e. The zero-order valence-corrected chi connectivity index (χ0v) is 11.4. The molecule has 0 spiro atoms. The van der Waals surface area contributed by atoms with Crippen molar-refractivity contribution >= 4 is 17.5 Å². The van der Waals surface area contributed by atoms with Crippen LogP contribution in [0.25, 0.3) is 0 Å². The molecule has 2 rings (SSSR count). The van der Waals surface area contributed by atoms with Crippen LogP contribution < -0.4 is 5.48 Å². The molecule has 1 amide bonds. The van der Waals surface area contributed by atoms with Crippen LogP contribution in [-0.2, 0) is 22.7 Å². The molecule has 0 heterocycles. The van der Waals surface area contributed by atoms with Crippen molar-refractivity contribution in [3.8, 4) is 0 Å². The van der Waals surface area contributed by atoms with E-state index < -0.39 is 11.7 Å². The number of benzene rings is 2. The Morgan fingerprint density at radius 1 is 1.15 bits per heavy atom. The van der Waals surface area contributed by atoms with Crippen LogP contribution in [0.1, 0.15) is 11.1 Å². The second-order valence-corrected chi connectivity index (χ2v) is 4.58. The lowest BCUT2D eigenvalue weighted by atomic mass is 10.1. The first-order valence-electron chi connectivity index (χ1n) is 6.04. The first-order chi connectivity index (χ1) is 9.66. The van der Waals surface area contributed by atoms with E-state index in [0.717, 1.165) is 5.56 Å². The predicted molar refractivity (Wildman–Crippen MR) is 74.5 cm³/mol. The van der Waals surface area contributed by atoms with E-state index in [-0.39, 0.29) is 23.6 Å². The molecule has 1 N–H and O–H groups in total. The van der Waals surface area contributed by atoms with E-state index in [9.17, 15) is 9.18 Å². The molecule has 0 aliphatic rings. The molecular weight excluding hydrogens is 281 g/mol. The highest BCUT2D eigenvalue weighted by Crippen LogP contribution is 2.19. The van der Waals surface area contributed by atoms with E-state index in [4.69, 9.17) is 16.4 Å². The maximum atomic E-state index is 13.5. The van der Waals surface area contributed by atoms with Gasteiger partial charge in [0.2, 0.25) is 5.91 Å². The van der Waals surface area contributed by atoms with Gasteiger partial charge < -0.3 is 0 Å². The van der Waals surface area contributed by atoms with Gasteiger partial charge in [0.15, 0.2) is 0 Å². The lowest BCUT2D eigenvalue weighted by Crippen LogP contribution is -2.25. The molecule has 2 aromatic rings. The molecule has 2 aromatic carbocycles. The summed E-state index contributed by atoms with van der Waals surface area (Å²) in [6.07, 6.45) is -0.166. The van der Waals surface area contributed by atoms with Gasteiger partial charge in [0.25, 0.3) is 0 Å².